The topological polar surface area (TPSA) is 163 Å². The molecule has 3 fully saturated rings. The smallest absolute Gasteiger partial charge is 0.419 e. The van der Waals surface area contributed by atoms with Crippen LogP contribution in [-0.4, -0.2) is 101 Å². The molecule has 6 rings (SSSR count). The minimum atomic E-state index is -4.84. The Kier molecular flexibility index (Phi) is 12.5. The number of nitriles is 1. The molecular weight excluding hydrogens is 776 g/mol. The van der Waals surface area contributed by atoms with Gasteiger partial charge in [0, 0.05) is 56.2 Å². The van der Waals surface area contributed by atoms with Gasteiger partial charge in [-0.2, -0.15) is 18.4 Å². The Morgan fingerprint density at radius 2 is 1.76 bits per heavy atom. The lowest BCUT2D eigenvalue weighted by Crippen LogP contribution is -2.49. The molecule has 2 atom stereocenters. The molecule has 3 N–H and O–H groups in total. The quantitative estimate of drug-likeness (QED) is 0.147. The van der Waals surface area contributed by atoms with Crippen LogP contribution in [0.3, 0.4) is 0 Å². The number of hydrogen-bond donors (Lipinski definition) is 4. The van der Waals surface area contributed by atoms with Crippen LogP contribution in [0.2, 0.25) is 0 Å². The van der Waals surface area contributed by atoms with Crippen LogP contribution in [-0.2, 0) is 25.4 Å². The van der Waals surface area contributed by atoms with E-state index in [1.54, 1.807) is 49.1 Å². The van der Waals surface area contributed by atoms with Crippen molar-refractivity contribution in [2.45, 2.75) is 69.7 Å². The third-order valence-electron chi connectivity index (χ3n) is 10.5. The summed E-state index contributed by atoms with van der Waals surface area (Å²) in [6, 6.07) is 14.4. The number of amides is 4. The number of rotatable bonds is 12. The van der Waals surface area contributed by atoms with Gasteiger partial charge in [0.1, 0.15) is 30.0 Å². The van der Waals surface area contributed by atoms with Gasteiger partial charge >= 0.3 is 6.18 Å². The largest absolute Gasteiger partial charge is 0.492 e. The molecule has 0 bridgehead atoms. The van der Waals surface area contributed by atoms with Gasteiger partial charge in [-0.1, -0.05) is 19.9 Å². The Bertz CT molecular complexity index is 2100. The molecule has 3 aromatic rings. The molecule has 0 spiro atoms. The molecule has 2 unspecified atom stereocenters. The summed E-state index contributed by atoms with van der Waals surface area (Å²) in [6.45, 7) is 11.6. The summed E-state index contributed by atoms with van der Waals surface area (Å²) < 4.78 is 47.6. The average molecular weight is 822 g/mol. The highest BCUT2D eigenvalue weighted by atomic mass is 32.1. The fourth-order valence-corrected chi connectivity index (χ4v) is 8.01. The van der Waals surface area contributed by atoms with Gasteiger partial charge in [-0.05, 0) is 74.2 Å². The van der Waals surface area contributed by atoms with Crippen LogP contribution >= 0.6 is 12.6 Å². The Hall–Kier alpha value is -5.38. The van der Waals surface area contributed by atoms with E-state index in [0.717, 1.165) is 35.8 Å². The second kappa shape index (κ2) is 17.2. The molecule has 2 aromatic carbocycles. The fraction of sp³-hybridized carbons (Fsp3) is 0.450. The van der Waals surface area contributed by atoms with Gasteiger partial charge in [0.2, 0.25) is 17.7 Å². The lowest BCUT2D eigenvalue weighted by atomic mass is 9.98. The number of carbonyl (C=O) groups is 4. The number of thiol groups is 1. The van der Waals surface area contributed by atoms with Crippen LogP contribution in [0.15, 0.2) is 54.7 Å². The minimum Gasteiger partial charge on any atom is -0.492 e. The molecule has 0 radical (unpaired) electrons. The predicted octanol–water partition coefficient (Wildman–Crippen LogP) is 4.79. The van der Waals surface area contributed by atoms with Crippen LogP contribution in [0.1, 0.15) is 63.3 Å². The number of hydrogen-bond acceptors (Lipinski definition) is 12. The molecule has 4 amide bonds. The van der Waals surface area contributed by atoms with Crippen molar-refractivity contribution in [3.8, 4) is 11.8 Å². The van der Waals surface area contributed by atoms with E-state index in [9.17, 15) is 37.6 Å². The SMILES string of the molecule is CC(C)c1cc(N2C(S)N(c3cnc(C#N)c(C(F)(F)F)c3)C(=O)C2(C)C)ccc1OCCN1CCN(CC(=O)Nc2cccc(NC3CCC(=O)NC3=O)c2)CC1. The zero-order valence-electron chi connectivity index (χ0n) is 32.6. The summed E-state index contributed by atoms with van der Waals surface area (Å²) in [4.78, 5) is 61.2. The van der Waals surface area contributed by atoms with Gasteiger partial charge in [0.15, 0.2) is 11.2 Å². The standard InChI is InChI=1S/C40H46F3N9O5S/c1-24(2)29-19-27(52-38(58)51(37(56)39(52,3)4)28-20-30(40(41,42)43)32(21-44)45-22-28)8-10-33(29)57-17-16-49-12-14-50(15-13-49)23-35(54)47-26-7-5-6-25(18-26)46-31-9-11-34(53)48-36(31)55/h5-8,10,18-20,22,24,31,38,46,58H,9,11-17,23H2,1-4H3,(H,47,54)(H,48,53,55). The number of ether oxygens (including phenoxy) is 1. The Labute approximate surface area is 340 Å². The van der Waals surface area contributed by atoms with Gasteiger partial charge < -0.3 is 20.3 Å². The molecule has 18 heteroatoms. The molecule has 3 saturated heterocycles. The number of benzene rings is 2. The molecule has 0 saturated carbocycles. The molecule has 308 valence electrons. The van der Waals surface area contributed by atoms with Crippen molar-refractivity contribution in [1.82, 2.24) is 20.1 Å². The Morgan fingerprint density at radius 3 is 2.43 bits per heavy atom. The summed E-state index contributed by atoms with van der Waals surface area (Å²) in [7, 11) is 0. The van der Waals surface area contributed by atoms with Gasteiger partial charge in [-0.3, -0.25) is 39.2 Å². The lowest BCUT2D eigenvalue weighted by Gasteiger charge is -2.35. The Balaban J connectivity index is 1.01. The van der Waals surface area contributed by atoms with E-state index in [2.05, 4.69) is 30.7 Å². The monoisotopic (exact) mass is 821 g/mol. The van der Waals surface area contributed by atoms with Crippen molar-refractivity contribution < 1.29 is 37.1 Å². The minimum absolute atomic E-state index is 0.0293. The number of halogens is 3. The molecule has 0 aliphatic carbocycles. The van der Waals surface area contributed by atoms with Crippen LogP contribution in [0, 0.1) is 11.3 Å². The first-order chi connectivity index (χ1) is 27.5. The number of imide groups is 1. The maximum Gasteiger partial charge on any atom is 0.419 e. The van der Waals surface area contributed by atoms with Gasteiger partial charge in [0.05, 0.1) is 24.0 Å². The molecule has 3 aliphatic heterocycles. The predicted molar refractivity (Wildman–Crippen MR) is 215 cm³/mol. The summed E-state index contributed by atoms with van der Waals surface area (Å²) in [5, 5.41) is 17.6. The molecular formula is C40H46F3N9O5S. The van der Waals surface area contributed by atoms with Crippen molar-refractivity contribution in [1.29, 1.82) is 5.26 Å². The van der Waals surface area contributed by atoms with Gasteiger partial charge in [-0.25, -0.2) is 4.98 Å². The van der Waals surface area contributed by atoms with Crippen LogP contribution in [0.25, 0.3) is 0 Å². The highest BCUT2D eigenvalue weighted by Gasteiger charge is 2.52. The van der Waals surface area contributed by atoms with E-state index in [0.29, 0.717) is 55.5 Å². The van der Waals surface area contributed by atoms with Crippen molar-refractivity contribution in [2.24, 2.45) is 0 Å². The number of piperazine rings is 1. The Morgan fingerprint density at radius 1 is 1.05 bits per heavy atom. The summed E-state index contributed by atoms with van der Waals surface area (Å²) in [5.74, 6) is -0.583. The van der Waals surface area contributed by atoms with E-state index < -0.39 is 40.4 Å². The first-order valence-corrected chi connectivity index (χ1v) is 19.5. The van der Waals surface area contributed by atoms with Crippen LogP contribution in [0.4, 0.5) is 35.9 Å². The number of aromatic nitrogens is 1. The lowest BCUT2D eigenvalue weighted by molar-refractivity contribution is -0.138. The third-order valence-corrected chi connectivity index (χ3v) is 10.9. The number of carbonyl (C=O) groups excluding carboxylic acids is 4. The molecule has 14 nitrogen and oxygen atoms in total. The second-order valence-corrected chi connectivity index (χ2v) is 15.7. The van der Waals surface area contributed by atoms with E-state index in [1.165, 1.54) is 6.07 Å². The van der Waals surface area contributed by atoms with E-state index in [4.69, 9.17) is 17.4 Å². The summed E-state index contributed by atoms with van der Waals surface area (Å²) in [5.41, 5.74) is -1.53. The average Bonchev–Trinajstić information content (AvgIpc) is 3.34. The molecule has 58 heavy (non-hydrogen) atoms. The third kappa shape index (κ3) is 9.32. The molecule has 4 heterocycles. The van der Waals surface area contributed by atoms with E-state index >= 15 is 0 Å². The number of nitrogens with one attached hydrogen (secondary N) is 3. The second-order valence-electron chi connectivity index (χ2n) is 15.3. The van der Waals surface area contributed by atoms with Crippen LogP contribution in [0.5, 0.6) is 5.75 Å². The highest BCUT2D eigenvalue weighted by Crippen LogP contribution is 2.43. The van der Waals surface area contributed by atoms with Gasteiger partial charge in [-0.15, -0.1) is 12.6 Å². The molecule has 3 aliphatic rings. The number of nitrogens with zero attached hydrogens (tertiary/aromatic N) is 6. The van der Waals surface area contributed by atoms with Crippen molar-refractivity contribution in [2.75, 3.05) is 66.3 Å². The highest BCUT2D eigenvalue weighted by molar-refractivity contribution is 7.81. The number of anilines is 4. The van der Waals surface area contributed by atoms with Crippen LogP contribution < -0.4 is 30.5 Å². The van der Waals surface area contributed by atoms with Crippen molar-refractivity contribution in [3.63, 3.8) is 0 Å². The maximum absolute atomic E-state index is 13.8. The fourth-order valence-electron chi connectivity index (χ4n) is 7.35. The molecule has 1 aromatic heterocycles. The summed E-state index contributed by atoms with van der Waals surface area (Å²) >= 11 is 4.71. The van der Waals surface area contributed by atoms with E-state index in [1.807, 2.05) is 26.0 Å². The normalized spacial score (nSPS) is 20.2. The number of alkyl halides is 3. The first kappa shape index (κ1) is 42.2. The van der Waals surface area contributed by atoms with E-state index in [-0.39, 0.29) is 42.3 Å². The number of pyridine rings is 1. The van der Waals surface area contributed by atoms with Gasteiger partial charge in [0.25, 0.3) is 5.91 Å². The van der Waals surface area contributed by atoms with Crippen molar-refractivity contribution in [3.05, 3.63) is 71.5 Å². The summed E-state index contributed by atoms with van der Waals surface area (Å²) in [6.07, 6.45) is -3.10. The first-order valence-electron chi connectivity index (χ1n) is 19.0. The zero-order chi connectivity index (χ0) is 41.9. The number of piperidine rings is 1. The van der Waals surface area contributed by atoms with Crippen molar-refractivity contribution >= 4 is 59.0 Å². The maximum atomic E-state index is 13.8. The zero-order valence-corrected chi connectivity index (χ0v) is 33.5.